The van der Waals surface area contributed by atoms with E-state index >= 15 is 0 Å². The van der Waals surface area contributed by atoms with Crippen LogP contribution in [0.15, 0.2) is 36.4 Å². The van der Waals surface area contributed by atoms with Crippen molar-refractivity contribution in [3.63, 3.8) is 0 Å². The molecule has 1 nitrogen and oxygen atoms in total. The van der Waals surface area contributed by atoms with Gasteiger partial charge in [-0.2, -0.15) is 0 Å². The molecule has 2 aromatic carbocycles. The molecule has 0 saturated carbocycles. The molecular weight excluding hydrogens is 184 g/mol. The van der Waals surface area contributed by atoms with Gasteiger partial charge in [-0.3, -0.25) is 4.79 Å². The predicted molar refractivity (Wildman–Crippen MR) is 62.7 cm³/mol. The van der Waals surface area contributed by atoms with Crippen LogP contribution in [0.1, 0.15) is 24.5 Å². The van der Waals surface area contributed by atoms with E-state index in [-0.39, 0.29) is 0 Å². The van der Waals surface area contributed by atoms with Gasteiger partial charge in [-0.05, 0) is 34.9 Å². The Hall–Kier alpha value is -1.63. The second-order valence-electron chi connectivity index (χ2n) is 3.71. The van der Waals surface area contributed by atoms with E-state index in [9.17, 15) is 4.79 Å². The fourth-order valence-electron chi connectivity index (χ4n) is 1.93. The summed E-state index contributed by atoms with van der Waals surface area (Å²) in [5.41, 5.74) is 1.89. The van der Waals surface area contributed by atoms with Gasteiger partial charge in [0.2, 0.25) is 6.29 Å². The largest absolute Gasteiger partial charge is 0.285 e. The first-order valence-corrected chi connectivity index (χ1v) is 5.25. The minimum Gasteiger partial charge on any atom is -0.285 e. The lowest BCUT2D eigenvalue weighted by Gasteiger charge is -2.06. The molecule has 0 N–H and O–H groups in total. The fraction of sp³-hybridized carbons (Fsp3) is 0.214. The summed E-state index contributed by atoms with van der Waals surface area (Å²) in [4.78, 5) is 10.7. The molecule has 1 radical (unpaired) electrons. The topological polar surface area (TPSA) is 17.1 Å². The lowest BCUT2D eigenvalue weighted by atomic mass is 9.98. The van der Waals surface area contributed by atoms with Gasteiger partial charge in [0, 0.05) is 5.56 Å². The zero-order valence-electron chi connectivity index (χ0n) is 8.79. The lowest BCUT2D eigenvalue weighted by Crippen LogP contribution is -1.90. The molecular formula is C14H13O. The van der Waals surface area contributed by atoms with Crippen molar-refractivity contribution < 1.29 is 4.79 Å². The first-order valence-electron chi connectivity index (χ1n) is 5.25. The number of aryl methyl sites for hydroxylation is 1. The highest BCUT2D eigenvalue weighted by atomic mass is 16.1. The third-order valence-corrected chi connectivity index (χ3v) is 2.58. The highest BCUT2D eigenvalue weighted by molar-refractivity contribution is 5.91. The van der Waals surface area contributed by atoms with Gasteiger partial charge < -0.3 is 0 Å². The van der Waals surface area contributed by atoms with Crippen molar-refractivity contribution in [1.29, 1.82) is 0 Å². The molecule has 0 aliphatic rings. The third kappa shape index (κ3) is 1.91. The van der Waals surface area contributed by atoms with E-state index in [0.29, 0.717) is 5.56 Å². The highest BCUT2D eigenvalue weighted by Crippen LogP contribution is 2.21. The highest BCUT2D eigenvalue weighted by Gasteiger charge is 2.02. The Kier molecular flexibility index (Phi) is 2.82. The zero-order chi connectivity index (χ0) is 10.7. The molecule has 0 amide bonds. The molecule has 0 unspecified atom stereocenters. The average Bonchev–Trinajstić information content (AvgIpc) is 2.29. The SMILES string of the molecule is CCCc1cc([C]=O)cc2ccccc12. The molecule has 2 rings (SSSR count). The number of rotatable bonds is 3. The Bertz CT molecular complexity index is 486. The van der Waals surface area contributed by atoms with E-state index in [4.69, 9.17) is 0 Å². The van der Waals surface area contributed by atoms with E-state index in [1.807, 2.05) is 36.6 Å². The zero-order valence-corrected chi connectivity index (χ0v) is 8.79. The van der Waals surface area contributed by atoms with Crippen LogP contribution in [0.25, 0.3) is 10.8 Å². The van der Waals surface area contributed by atoms with Crippen molar-refractivity contribution >= 4 is 17.1 Å². The van der Waals surface area contributed by atoms with Crippen LogP contribution in [-0.2, 0) is 11.2 Å². The van der Waals surface area contributed by atoms with Crippen LogP contribution < -0.4 is 0 Å². The van der Waals surface area contributed by atoms with Gasteiger partial charge in [0.15, 0.2) is 0 Å². The van der Waals surface area contributed by atoms with Crippen molar-refractivity contribution in [2.45, 2.75) is 19.8 Å². The summed E-state index contributed by atoms with van der Waals surface area (Å²) in [6.45, 7) is 2.14. The van der Waals surface area contributed by atoms with Crippen molar-refractivity contribution in [2.24, 2.45) is 0 Å². The second kappa shape index (κ2) is 4.26. The smallest absolute Gasteiger partial charge is 0.233 e. The molecule has 0 bridgehead atoms. The molecule has 0 spiro atoms. The van der Waals surface area contributed by atoms with E-state index in [2.05, 4.69) is 13.0 Å². The molecule has 0 aliphatic carbocycles. The Morgan fingerprint density at radius 1 is 1.20 bits per heavy atom. The predicted octanol–water partition coefficient (Wildman–Crippen LogP) is 3.25. The maximum Gasteiger partial charge on any atom is 0.233 e. The summed E-state index contributed by atoms with van der Waals surface area (Å²) >= 11 is 0. The third-order valence-electron chi connectivity index (χ3n) is 2.58. The van der Waals surface area contributed by atoms with E-state index in [1.165, 1.54) is 10.9 Å². The van der Waals surface area contributed by atoms with Crippen LogP contribution in [0.5, 0.6) is 0 Å². The monoisotopic (exact) mass is 197 g/mol. The molecule has 2 aromatic rings. The van der Waals surface area contributed by atoms with Gasteiger partial charge >= 0.3 is 0 Å². The van der Waals surface area contributed by atoms with Gasteiger partial charge in [-0.1, -0.05) is 37.6 Å². The summed E-state index contributed by atoms with van der Waals surface area (Å²) in [6, 6.07) is 12.0. The van der Waals surface area contributed by atoms with E-state index in [0.717, 1.165) is 18.2 Å². The Balaban J connectivity index is 2.68. The molecule has 0 fully saturated rings. The van der Waals surface area contributed by atoms with Crippen molar-refractivity contribution in [2.75, 3.05) is 0 Å². The van der Waals surface area contributed by atoms with Gasteiger partial charge in [0.1, 0.15) is 0 Å². The van der Waals surface area contributed by atoms with Gasteiger partial charge in [-0.15, -0.1) is 0 Å². The molecule has 0 heterocycles. The van der Waals surface area contributed by atoms with Crippen molar-refractivity contribution in [3.8, 4) is 0 Å². The maximum atomic E-state index is 10.7. The minimum absolute atomic E-state index is 0.650. The van der Waals surface area contributed by atoms with Gasteiger partial charge in [0.05, 0.1) is 0 Å². The molecule has 0 aromatic heterocycles. The quantitative estimate of drug-likeness (QED) is 0.738. The first kappa shape index (κ1) is 9.91. The minimum atomic E-state index is 0.650. The van der Waals surface area contributed by atoms with E-state index in [1.54, 1.807) is 0 Å². The summed E-state index contributed by atoms with van der Waals surface area (Å²) < 4.78 is 0. The summed E-state index contributed by atoms with van der Waals surface area (Å²) in [7, 11) is 0. The summed E-state index contributed by atoms with van der Waals surface area (Å²) in [5.74, 6) is 0. The number of hydrogen-bond donors (Lipinski definition) is 0. The number of fused-ring (bicyclic) bond motifs is 1. The molecule has 15 heavy (non-hydrogen) atoms. The summed E-state index contributed by atoms with van der Waals surface area (Å²) in [5, 5.41) is 2.38. The van der Waals surface area contributed by atoms with Crippen LogP contribution in [0.4, 0.5) is 0 Å². The number of benzene rings is 2. The maximum absolute atomic E-state index is 10.7. The van der Waals surface area contributed by atoms with Crippen LogP contribution in [-0.4, -0.2) is 6.29 Å². The Morgan fingerprint density at radius 2 is 2.00 bits per heavy atom. The first-order chi connectivity index (χ1) is 7.35. The van der Waals surface area contributed by atoms with Crippen LogP contribution in [0, 0.1) is 0 Å². The summed E-state index contributed by atoms with van der Waals surface area (Å²) in [6.07, 6.45) is 4.07. The van der Waals surface area contributed by atoms with Crippen molar-refractivity contribution in [3.05, 3.63) is 47.5 Å². The standard InChI is InChI=1S/C14H13O/c1-2-5-12-8-11(10-15)9-13-6-3-4-7-14(12)13/h3-4,6-9H,2,5H2,1H3. The molecule has 0 aliphatic heterocycles. The van der Waals surface area contributed by atoms with Gasteiger partial charge in [-0.25, -0.2) is 0 Å². The lowest BCUT2D eigenvalue weighted by molar-refractivity contribution is 0.563. The number of hydrogen-bond acceptors (Lipinski definition) is 1. The van der Waals surface area contributed by atoms with E-state index < -0.39 is 0 Å². The molecule has 0 atom stereocenters. The van der Waals surface area contributed by atoms with Crippen LogP contribution in [0.2, 0.25) is 0 Å². The molecule has 1 heteroatoms. The average molecular weight is 197 g/mol. The molecule has 0 saturated heterocycles. The molecule has 75 valence electrons. The normalized spacial score (nSPS) is 10.5. The second-order valence-corrected chi connectivity index (χ2v) is 3.71. The Labute approximate surface area is 89.7 Å². The Morgan fingerprint density at radius 3 is 2.73 bits per heavy atom. The van der Waals surface area contributed by atoms with Crippen LogP contribution in [0.3, 0.4) is 0 Å². The van der Waals surface area contributed by atoms with Crippen molar-refractivity contribution in [1.82, 2.24) is 0 Å². The van der Waals surface area contributed by atoms with Gasteiger partial charge in [0.25, 0.3) is 0 Å². The fourth-order valence-corrected chi connectivity index (χ4v) is 1.93. The number of carbonyl (C=O) groups excluding carboxylic acids is 1. The van der Waals surface area contributed by atoms with Crippen LogP contribution >= 0.6 is 0 Å².